The van der Waals surface area contributed by atoms with E-state index in [1.807, 2.05) is 99.3 Å². The summed E-state index contributed by atoms with van der Waals surface area (Å²) >= 11 is 3.25. The average Bonchev–Trinajstić information content (AvgIpc) is 3.44. The molecule has 0 unspecified atom stereocenters. The summed E-state index contributed by atoms with van der Waals surface area (Å²) in [4.78, 5) is 35.6. The van der Waals surface area contributed by atoms with Gasteiger partial charge in [-0.15, -0.1) is 0 Å². The minimum atomic E-state index is 0.0180. The molecular formula is C61H70BrN9O2. The van der Waals surface area contributed by atoms with Crippen LogP contribution >= 0.6 is 15.9 Å². The zero-order valence-corrected chi connectivity index (χ0v) is 44.5. The van der Waals surface area contributed by atoms with Crippen LogP contribution in [0.25, 0.3) is 0 Å². The second-order valence-electron chi connectivity index (χ2n) is 17.9. The number of nitrogens with zero attached hydrogens (tertiary/aromatic N) is 8. The molecule has 0 saturated carbocycles. The van der Waals surface area contributed by atoms with Crippen molar-refractivity contribution in [3.63, 3.8) is 0 Å². The molecule has 12 heteroatoms. The van der Waals surface area contributed by atoms with Crippen LogP contribution in [-0.2, 0) is 13.1 Å². The predicted octanol–water partition coefficient (Wildman–Crippen LogP) is 11.8. The van der Waals surface area contributed by atoms with Crippen molar-refractivity contribution in [1.29, 1.82) is 15.8 Å². The molecule has 2 aliphatic heterocycles. The third-order valence-corrected chi connectivity index (χ3v) is 13.5. The molecule has 2 aliphatic rings. The molecule has 8 rings (SSSR count). The van der Waals surface area contributed by atoms with Crippen molar-refractivity contribution in [2.45, 2.75) is 78.6 Å². The molecular weight excluding hydrogens is 971 g/mol. The molecule has 2 amide bonds. The van der Waals surface area contributed by atoms with Gasteiger partial charge in [0.05, 0.1) is 34.9 Å². The van der Waals surface area contributed by atoms with Crippen LogP contribution in [0.4, 0.5) is 11.4 Å². The van der Waals surface area contributed by atoms with Crippen LogP contribution in [-0.4, -0.2) is 95.9 Å². The Kier molecular flexibility index (Phi) is 23.9. The fraction of sp³-hybridized carbons (Fsp3) is 0.328. The lowest BCUT2D eigenvalue weighted by Crippen LogP contribution is -2.43. The predicted molar refractivity (Wildman–Crippen MR) is 298 cm³/mol. The lowest BCUT2D eigenvalue weighted by Gasteiger charge is -2.40. The molecule has 0 atom stereocenters. The third-order valence-electron chi connectivity index (χ3n) is 13.0. The second kappa shape index (κ2) is 30.7. The molecule has 6 aromatic carbocycles. The Hall–Kier alpha value is -7.11. The fourth-order valence-corrected chi connectivity index (χ4v) is 9.22. The van der Waals surface area contributed by atoms with Gasteiger partial charge in [-0.05, 0) is 163 Å². The smallest absolute Gasteiger partial charge is 0.253 e. The number of piperidine rings is 2. The number of nitriles is 3. The molecule has 2 N–H and O–H groups in total. The van der Waals surface area contributed by atoms with Gasteiger partial charge in [-0.1, -0.05) is 88.7 Å². The first-order chi connectivity index (χ1) is 35.5. The van der Waals surface area contributed by atoms with Crippen LogP contribution < -0.4 is 10.6 Å². The van der Waals surface area contributed by atoms with Gasteiger partial charge in [0.1, 0.15) is 0 Å². The summed E-state index contributed by atoms with van der Waals surface area (Å²) in [6, 6.07) is 58.1. The maximum atomic E-state index is 12.8. The molecule has 0 bridgehead atoms. The Morgan fingerprint density at radius 1 is 0.521 bits per heavy atom. The van der Waals surface area contributed by atoms with Crippen molar-refractivity contribution in [2.24, 2.45) is 5.73 Å². The Bertz CT molecular complexity index is 2710. The number of nitrogens with two attached hydrogens (primary N) is 1. The molecule has 11 nitrogen and oxygen atoms in total. The lowest BCUT2D eigenvalue weighted by molar-refractivity contribution is 0.0765. The van der Waals surface area contributed by atoms with E-state index in [0.29, 0.717) is 66.1 Å². The summed E-state index contributed by atoms with van der Waals surface area (Å²) in [6.45, 7) is 17.1. The van der Waals surface area contributed by atoms with Gasteiger partial charge in [0.25, 0.3) is 11.8 Å². The number of hydrogen-bond donors (Lipinski definition) is 1. The maximum absolute atomic E-state index is 12.8. The van der Waals surface area contributed by atoms with Crippen molar-refractivity contribution >= 4 is 39.1 Å². The first-order valence-electron chi connectivity index (χ1n) is 25.4. The standard InChI is InChI=1S/C30H34N4O.C12H14N2O.C12H18N2.C7H4BrN/c1-3-33(4-2)30(35)26-13-15-27(16-14-26)34(29-12-8-11-25(21-29)22-31)28-17-19-32(20-18-28)23-24-9-6-5-7-10-24;1-3-14(4-2)12(15)11-7-5-10(9-13)6-8-11;13-12-6-8-14(9-7-12)10-11-4-2-1-3-5-11;8-7-3-1-2-6(4-7)5-9/h5-16,21,28H,3-4,17-20,23H2,1-2H3;5-8H,3-4H2,1-2H3;1-5,12H,6-10,13H2;1-4H. The quantitative estimate of drug-likeness (QED) is 0.119. The minimum absolute atomic E-state index is 0.0180. The fourth-order valence-electron chi connectivity index (χ4n) is 8.82. The number of anilines is 2. The first-order valence-corrected chi connectivity index (χ1v) is 26.2. The number of carbonyl (C=O) groups is 2. The highest BCUT2D eigenvalue weighted by Gasteiger charge is 2.27. The van der Waals surface area contributed by atoms with E-state index in [9.17, 15) is 14.9 Å². The summed E-state index contributed by atoms with van der Waals surface area (Å²) in [5.74, 6) is 0.0817. The van der Waals surface area contributed by atoms with Gasteiger partial charge in [0.2, 0.25) is 0 Å². The Labute approximate surface area is 442 Å². The molecule has 378 valence electrons. The Morgan fingerprint density at radius 3 is 1.37 bits per heavy atom. The molecule has 6 aromatic rings. The van der Waals surface area contributed by atoms with E-state index in [1.54, 1.807) is 41.3 Å². The topological polar surface area (TPSA) is 148 Å². The van der Waals surface area contributed by atoms with E-state index in [1.165, 1.54) is 11.1 Å². The van der Waals surface area contributed by atoms with E-state index < -0.39 is 0 Å². The van der Waals surface area contributed by atoms with Gasteiger partial charge in [0.15, 0.2) is 0 Å². The van der Waals surface area contributed by atoms with Crippen LogP contribution in [0, 0.1) is 34.0 Å². The SMILES string of the molecule is CCN(CC)C(=O)c1ccc(C#N)cc1.CCN(CC)C(=O)c1ccc(N(c2cccc(C#N)c2)C2CCN(Cc3ccccc3)CC2)cc1.N#Cc1cccc(Br)c1.NC1CCN(Cc2ccccc2)CC1. The number of amides is 2. The summed E-state index contributed by atoms with van der Waals surface area (Å²) < 4.78 is 0.946. The van der Waals surface area contributed by atoms with Crippen molar-refractivity contribution in [2.75, 3.05) is 57.3 Å². The molecule has 73 heavy (non-hydrogen) atoms. The largest absolute Gasteiger partial charge is 0.339 e. The van der Waals surface area contributed by atoms with Gasteiger partial charge in [0, 0.05) is 91.4 Å². The van der Waals surface area contributed by atoms with Crippen LogP contribution in [0.2, 0.25) is 0 Å². The number of hydrogen-bond acceptors (Lipinski definition) is 9. The lowest BCUT2D eigenvalue weighted by atomic mass is 9.99. The number of rotatable bonds is 13. The van der Waals surface area contributed by atoms with Crippen LogP contribution in [0.15, 0.2) is 162 Å². The highest BCUT2D eigenvalue weighted by Crippen LogP contribution is 2.33. The van der Waals surface area contributed by atoms with E-state index in [0.717, 1.165) is 80.8 Å². The highest BCUT2D eigenvalue weighted by atomic mass is 79.9. The number of carbonyl (C=O) groups excluding carboxylic acids is 2. The number of likely N-dealkylation sites (tertiary alicyclic amines) is 2. The van der Waals surface area contributed by atoms with Crippen LogP contribution in [0.1, 0.15) is 102 Å². The Morgan fingerprint density at radius 2 is 0.945 bits per heavy atom. The summed E-state index contributed by atoms with van der Waals surface area (Å²) in [6.07, 6.45) is 4.35. The molecule has 2 heterocycles. The van der Waals surface area contributed by atoms with Crippen molar-refractivity contribution in [1.82, 2.24) is 19.6 Å². The molecule has 0 radical (unpaired) electrons. The molecule has 2 saturated heterocycles. The van der Waals surface area contributed by atoms with E-state index in [-0.39, 0.29) is 11.8 Å². The highest BCUT2D eigenvalue weighted by molar-refractivity contribution is 9.10. The van der Waals surface area contributed by atoms with Crippen molar-refractivity contribution < 1.29 is 9.59 Å². The zero-order valence-electron chi connectivity index (χ0n) is 42.9. The van der Waals surface area contributed by atoms with Crippen molar-refractivity contribution in [3.8, 4) is 18.2 Å². The summed E-state index contributed by atoms with van der Waals surface area (Å²) in [5.41, 5.74) is 14.0. The summed E-state index contributed by atoms with van der Waals surface area (Å²) in [7, 11) is 0. The number of benzene rings is 6. The molecule has 0 spiro atoms. The van der Waals surface area contributed by atoms with Gasteiger partial charge >= 0.3 is 0 Å². The minimum Gasteiger partial charge on any atom is -0.339 e. The molecule has 0 aliphatic carbocycles. The van der Waals surface area contributed by atoms with Gasteiger partial charge in [-0.2, -0.15) is 15.8 Å². The van der Waals surface area contributed by atoms with Crippen LogP contribution in [0.3, 0.4) is 0 Å². The Balaban J connectivity index is 0.000000212. The maximum Gasteiger partial charge on any atom is 0.253 e. The zero-order chi connectivity index (χ0) is 52.4. The van der Waals surface area contributed by atoms with Gasteiger partial charge in [-0.3, -0.25) is 19.4 Å². The van der Waals surface area contributed by atoms with E-state index in [4.69, 9.17) is 16.3 Å². The molecule has 0 aromatic heterocycles. The van der Waals surface area contributed by atoms with Crippen molar-refractivity contribution in [3.05, 3.63) is 201 Å². The third kappa shape index (κ3) is 18.2. The van der Waals surface area contributed by atoms with Gasteiger partial charge in [-0.25, -0.2) is 0 Å². The number of halogens is 1. The first kappa shape index (κ1) is 56.8. The van der Waals surface area contributed by atoms with E-state index in [2.05, 4.69) is 103 Å². The van der Waals surface area contributed by atoms with Gasteiger partial charge < -0.3 is 20.4 Å². The summed E-state index contributed by atoms with van der Waals surface area (Å²) in [5, 5.41) is 26.5. The monoisotopic (exact) mass is 1040 g/mol. The second-order valence-corrected chi connectivity index (χ2v) is 18.9. The normalized spacial score (nSPS) is 13.6. The average molecular weight is 1040 g/mol. The molecule has 2 fully saturated rings. The van der Waals surface area contributed by atoms with Crippen LogP contribution in [0.5, 0.6) is 0 Å². The van der Waals surface area contributed by atoms with E-state index >= 15 is 0 Å².